The Kier molecular flexibility index (Phi) is 1.91. The highest BCUT2D eigenvalue weighted by Gasteiger charge is 2.17. The van der Waals surface area contributed by atoms with Crippen LogP contribution in [0.4, 0.5) is 0 Å². The smallest absolute Gasteiger partial charge is 0.125 e. The molecule has 0 unspecified atom stereocenters. The molecule has 0 spiro atoms. The van der Waals surface area contributed by atoms with Crippen LogP contribution in [0.2, 0.25) is 0 Å². The van der Waals surface area contributed by atoms with Gasteiger partial charge in [0.25, 0.3) is 0 Å². The van der Waals surface area contributed by atoms with Crippen molar-refractivity contribution in [2.75, 3.05) is 6.61 Å². The normalized spacial score (nSPS) is 19.8. The summed E-state index contributed by atoms with van der Waals surface area (Å²) in [6.45, 7) is 0.642. The molecule has 13 heavy (non-hydrogen) atoms. The van der Waals surface area contributed by atoms with Crippen LogP contribution < -0.4 is 10.5 Å². The maximum absolute atomic E-state index is 8.67. The van der Waals surface area contributed by atoms with Gasteiger partial charge in [-0.1, -0.05) is 6.07 Å². The summed E-state index contributed by atoms with van der Waals surface area (Å²) < 4.78 is 5.41. The molecule has 0 saturated carbocycles. The minimum Gasteiger partial charge on any atom is -0.493 e. The van der Waals surface area contributed by atoms with E-state index in [0.29, 0.717) is 12.2 Å². The van der Waals surface area contributed by atoms with E-state index in [-0.39, 0.29) is 6.04 Å². The van der Waals surface area contributed by atoms with Gasteiger partial charge in [-0.25, -0.2) is 0 Å². The second-order valence-electron chi connectivity index (χ2n) is 3.11. The Morgan fingerprint density at radius 2 is 2.38 bits per heavy atom. The van der Waals surface area contributed by atoms with Gasteiger partial charge in [-0.15, -0.1) is 0 Å². The van der Waals surface area contributed by atoms with E-state index in [2.05, 4.69) is 6.07 Å². The summed E-state index contributed by atoms with van der Waals surface area (Å²) in [5, 5.41) is 8.67. The lowest BCUT2D eigenvalue weighted by molar-refractivity contribution is 0.269. The van der Waals surface area contributed by atoms with E-state index in [1.54, 1.807) is 12.1 Å². The molecule has 0 radical (unpaired) electrons. The predicted molar refractivity (Wildman–Crippen MR) is 48.2 cm³/mol. The maximum atomic E-state index is 8.67. The lowest BCUT2D eigenvalue weighted by Gasteiger charge is -2.22. The average molecular weight is 174 g/mol. The fourth-order valence-electron chi connectivity index (χ4n) is 1.49. The van der Waals surface area contributed by atoms with Crippen LogP contribution in [0.5, 0.6) is 5.75 Å². The largest absolute Gasteiger partial charge is 0.493 e. The number of ether oxygens (including phenoxy) is 1. The van der Waals surface area contributed by atoms with Gasteiger partial charge in [-0.3, -0.25) is 0 Å². The van der Waals surface area contributed by atoms with Crippen molar-refractivity contribution in [2.24, 2.45) is 5.73 Å². The van der Waals surface area contributed by atoms with Gasteiger partial charge in [0.2, 0.25) is 0 Å². The van der Waals surface area contributed by atoms with Gasteiger partial charge in [0.05, 0.1) is 18.2 Å². The molecule has 3 heteroatoms. The first-order valence-electron chi connectivity index (χ1n) is 4.23. The van der Waals surface area contributed by atoms with Crippen molar-refractivity contribution in [1.29, 1.82) is 5.26 Å². The summed E-state index contributed by atoms with van der Waals surface area (Å²) in [5.41, 5.74) is 7.50. The van der Waals surface area contributed by atoms with Gasteiger partial charge in [0.1, 0.15) is 5.75 Å². The van der Waals surface area contributed by atoms with E-state index < -0.39 is 0 Å². The quantitative estimate of drug-likeness (QED) is 0.645. The summed E-state index contributed by atoms with van der Waals surface area (Å²) in [6, 6.07) is 7.51. The molecule has 1 aromatic carbocycles. The summed E-state index contributed by atoms with van der Waals surface area (Å²) in [4.78, 5) is 0. The highest BCUT2D eigenvalue weighted by atomic mass is 16.5. The molecule has 1 heterocycles. The molecule has 1 aliphatic rings. The van der Waals surface area contributed by atoms with Crippen molar-refractivity contribution in [2.45, 2.75) is 12.5 Å². The van der Waals surface area contributed by atoms with E-state index in [9.17, 15) is 0 Å². The molecular weight excluding hydrogens is 164 g/mol. The fourth-order valence-corrected chi connectivity index (χ4v) is 1.49. The molecule has 2 rings (SSSR count). The van der Waals surface area contributed by atoms with Crippen molar-refractivity contribution in [1.82, 2.24) is 0 Å². The molecule has 1 aliphatic heterocycles. The monoisotopic (exact) mass is 174 g/mol. The van der Waals surface area contributed by atoms with Crippen LogP contribution in [0.3, 0.4) is 0 Å². The Balaban J connectivity index is 2.47. The van der Waals surface area contributed by atoms with Gasteiger partial charge in [-0.2, -0.15) is 5.26 Å². The first-order chi connectivity index (χ1) is 6.31. The van der Waals surface area contributed by atoms with E-state index in [0.717, 1.165) is 17.7 Å². The third-order valence-corrected chi connectivity index (χ3v) is 2.23. The minimum atomic E-state index is 0.0523. The van der Waals surface area contributed by atoms with E-state index >= 15 is 0 Å². The van der Waals surface area contributed by atoms with Gasteiger partial charge >= 0.3 is 0 Å². The van der Waals surface area contributed by atoms with Crippen molar-refractivity contribution in [3.8, 4) is 11.8 Å². The molecule has 0 bridgehead atoms. The Bertz CT molecular complexity index is 368. The van der Waals surface area contributed by atoms with Crippen LogP contribution >= 0.6 is 0 Å². The number of rotatable bonds is 0. The highest BCUT2D eigenvalue weighted by Crippen LogP contribution is 2.30. The highest BCUT2D eigenvalue weighted by molar-refractivity contribution is 5.44. The Morgan fingerprint density at radius 1 is 1.54 bits per heavy atom. The number of nitrogens with two attached hydrogens (primary N) is 1. The summed E-state index contributed by atoms with van der Waals surface area (Å²) in [7, 11) is 0. The zero-order valence-corrected chi connectivity index (χ0v) is 7.16. The lowest BCUT2D eigenvalue weighted by Crippen LogP contribution is -2.20. The number of fused-ring (bicyclic) bond motifs is 1. The molecule has 0 aliphatic carbocycles. The number of hydrogen-bond acceptors (Lipinski definition) is 3. The van der Waals surface area contributed by atoms with Crippen molar-refractivity contribution < 1.29 is 4.74 Å². The zero-order valence-electron chi connectivity index (χ0n) is 7.16. The predicted octanol–water partition coefficient (Wildman–Crippen LogP) is 1.34. The second-order valence-corrected chi connectivity index (χ2v) is 3.11. The van der Waals surface area contributed by atoms with E-state index in [1.165, 1.54) is 0 Å². The molecule has 66 valence electrons. The summed E-state index contributed by atoms with van der Waals surface area (Å²) >= 11 is 0. The number of nitriles is 1. The first kappa shape index (κ1) is 8.09. The fraction of sp³-hybridized carbons (Fsp3) is 0.300. The van der Waals surface area contributed by atoms with Gasteiger partial charge in [0, 0.05) is 18.0 Å². The molecule has 0 fully saturated rings. The molecule has 0 aromatic heterocycles. The summed E-state index contributed by atoms with van der Waals surface area (Å²) in [5.74, 6) is 0.762. The Morgan fingerprint density at radius 3 is 3.15 bits per heavy atom. The average Bonchev–Trinajstić information content (AvgIpc) is 2.18. The molecule has 1 atom stereocenters. The standard InChI is InChI=1S/C10H10N2O/c11-6-7-1-2-8-9(12)3-4-13-10(8)5-7/h1-2,5,9H,3-4,12H2/t9-/m1/s1. The van der Waals surface area contributed by atoms with Crippen molar-refractivity contribution in [3.63, 3.8) is 0 Å². The Labute approximate surface area is 76.7 Å². The molecule has 2 N–H and O–H groups in total. The lowest BCUT2D eigenvalue weighted by atomic mass is 10.00. The Hall–Kier alpha value is -1.53. The summed E-state index contributed by atoms with van der Waals surface area (Å²) in [6.07, 6.45) is 0.846. The van der Waals surface area contributed by atoms with Crippen LogP contribution in [0, 0.1) is 11.3 Å². The van der Waals surface area contributed by atoms with Crippen LogP contribution in [-0.4, -0.2) is 6.61 Å². The van der Waals surface area contributed by atoms with E-state index in [1.807, 2.05) is 6.07 Å². The van der Waals surface area contributed by atoms with Gasteiger partial charge < -0.3 is 10.5 Å². The minimum absolute atomic E-state index is 0.0523. The first-order valence-corrected chi connectivity index (χ1v) is 4.23. The van der Waals surface area contributed by atoms with Crippen LogP contribution in [0.15, 0.2) is 18.2 Å². The third-order valence-electron chi connectivity index (χ3n) is 2.23. The third kappa shape index (κ3) is 1.36. The molecule has 0 saturated heterocycles. The van der Waals surface area contributed by atoms with E-state index in [4.69, 9.17) is 15.7 Å². The molecular formula is C10H10N2O. The SMILES string of the molecule is N#Cc1ccc2c(c1)OCC[C@H]2N. The molecule has 0 amide bonds. The molecule has 3 nitrogen and oxygen atoms in total. The number of nitrogens with zero attached hydrogens (tertiary/aromatic N) is 1. The van der Waals surface area contributed by atoms with Crippen LogP contribution in [0.1, 0.15) is 23.6 Å². The van der Waals surface area contributed by atoms with Gasteiger partial charge in [-0.05, 0) is 12.1 Å². The van der Waals surface area contributed by atoms with Crippen molar-refractivity contribution >= 4 is 0 Å². The molecule has 1 aromatic rings. The second kappa shape index (κ2) is 3.08. The number of hydrogen-bond donors (Lipinski definition) is 1. The van der Waals surface area contributed by atoms with Gasteiger partial charge in [0.15, 0.2) is 0 Å². The van der Waals surface area contributed by atoms with Crippen LogP contribution in [0.25, 0.3) is 0 Å². The van der Waals surface area contributed by atoms with Crippen LogP contribution in [-0.2, 0) is 0 Å². The topological polar surface area (TPSA) is 59.0 Å². The zero-order chi connectivity index (χ0) is 9.26. The van der Waals surface area contributed by atoms with Crippen molar-refractivity contribution in [3.05, 3.63) is 29.3 Å². The number of benzene rings is 1. The maximum Gasteiger partial charge on any atom is 0.125 e.